The highest BCUT2D eigenvalue weighted by atomic mass is 16.4. The highest BCUT2D eigenvalue weighted by molar-refractivity contribution is 5.77. The van der Waals surface area contributed by atoms with E-state index in [1.165, 1.54) is 0 Å². The highest BCUT2D eigenvalue weighted by Gasteiger charge is 2.29. The minimum Gasteiger partial charge on any atom is -0.545 e. The lowest BCUT2D eigenvalue weighted by molar-refractivity contribution is -0.946. The van der Waals surface area contributed by atoms with E-state index in [2.05, 4.69) is 27.7 Å². The van der Waals surface area contributed by atoms with Crippen molar-refractivity contribution in [2.24, 2.45) is 0 Å². The first-order chi connectivity index (χ1) is 7.56. The van der Waals surface area contributed by atoms with Crippen LogP contribution in [-0.2, 0) is 4.79 Å². The molecule has 0 heterocycles. The van der Waals surface area contributed by atoms with E-state index in [4.69, 9.17) is 0 Å². The SMILES string of the molecule is CCC(C/C=C/C(=O)[O-])[N+](CC)(CC)CC. The Morgan fingerprint density at radius 3 is 2.00 bits per heavy atom. The maximum absolute atomic E-state index is 10.3. The molecule has 0 bridgehead atoms. The number of quaternary nitrogens is 1. The zero-order valence-corrected chi connectivity index (χ0v) is 11.0. The Morgan fingerprint density at radius 2 is 1.69 bits per heavy atom. The molecule has 0 aliphatic rings. The zero-order chi connectivity index (χ0) is 12.6. The summed E-state index contributed by atoms with van der Waals surface area (Å²) in [5.41, 5.74) is 0. The van der Waals surface area contributed by atoms with Crippen molar-refractivity contribution in [1.82, 2.24) is 0 Å². The first-order valence-corrected chi connectivity index (χ1v) is 6.29. The molecule has 94 valence electrons. The van der Waals surface area contributed by atoms with Crippen molar-refractivity contribution < 1.29 is 14.4 Å². The van der Waals surface area contributed by atoms with Crippen LogP contribution in [0.2, 0.25) is 0 Å². The van der Waals surface area contributed by atoms with Gasteiger partial charge in [0.05, 0.1) is 31.6 Å². The summed E-state index contributed by atoms with van der Waals surface area (Å²) in [6, 6.07) is 0.510. The lowest BCUT2D eigenvalue weighted by atomic mass is 10.0. The van der Waals surface area contributed by atoms with Crippen LogP contribution in [0.3, 0.4) is 0 Å². The maximum Gasteiger partial charge on any atom is 0.0922 e. The Hall–Kier alpha value is -0.830. The van der Waals surface area contributed by atoms with Crippen molar-refractivity contribution in [3.8, 4) is 0 Å². The molecule has 0 spiro atoms. The van der Waals surface area contributed by atoms with Crippen LogP contribution < -0.4 is 5.11 Å². The summed E-state index contributed by atoms with van der Waals surface area (Å²) in [7, 11) is 0. The smallest absolute Gasteiger partial charge is 0.0922 e. The second-order valence-electron chi connectivity index (χ2n) is 4.19. The van der Waals surface area contributed by atoms with E-state index < -0.39 is 5.97 Å². The van der Waals surface area contributed by atoms with Crippen LogP contribution in [-0.4, -0.2) is 36.1 Å². The number of nitrogens with zero attached hydrogens (tertiary/aromatic N) is 1. The number of rotatable bonds is 8. The molecule has 0 aromatic heterocycles. The molecule has 3 heteroatoms. The van der Waals surface area contributed by atoms with Gasteiger partial charge in [-0.05, 0) is 33.3 Å². The molecule has 0 fully saturated rings. The standard InChI is InChI=1S/C13H25NO2/c1-5-12(10-9-11-13(15)16)14(6-2,7-3)8-4/h9,11-12H,5-8,10H2,1-4H3/b11-9+. The molecule has 0 aliphatic heterocycles. The molecule has 0 saturated carbocycles. The summed E-state index contributed by atoms with van der Waals surface area (Å²) in [4.78, 5) is 10.3. The van der Waals surface area contributed by atoms with E-state index in [-0.39, 0.29) is 0 Å². The fourth-order valence-corrected chi connectivity index (χ4v) is 2.54. The normalized spacial score (nSPS) is 14.2. The van der Waals surface area contributed by atoms with Gasteiger partial charge in [-0.3, -0.25) is 0 Å². The van der Waals surface area contributed by atoms with Gasteiger partial charge in [-0.2, -0.15) is 0 Å². The Bertz CT molecular complexity index is 224. The molecule has 0 rings (SSSR count). The molecule has 1 unspecified atom stereocenters. The van der Waals surface area contributed by atoms with Gasteiger partial charge in [0.2, 0.25) is 0 Å². The molecule has 0 aromatic rings. The Kier molecular flexibility index (Phi) is 7.06. The van der Waals surface area contributed by atoms with E-state index in [1.54, 1.807) is 6.08 Å². The van der Waals surface area contributed by atoms with Crippen LogP contribution in [0.1, 0.15) is 40.5 Å². The van der Waals surface area contributed by atoms with Crippen molar-refractivity contribution >= 4 is 5.97 Å². The fraction of sp³-hybridized carbons (Fsp3) is 0.769. The van der Waals surface area contributed by atoms with Crippen molar-refractivity contribution in [1.29, 1.82) is 0 Å². The van der Waals surface area contributed by atoms with Gasteiger partial charge in [-0.25, -0.2) is 0 Å². The van der Waals surface area contributed by atoms with E-state index in [0.717, 1.165) is 43.0 Å². The van der Waals surface area contributed by atoms with Crippen LogP contribution >= 0.6 is 0 Å². The molecule has 0 saturated heterocycles. The Morgan fingerprint density at radius 1 is 1.19 bits per heavy atom. The summed E-state index contributed by atoms with van der Waals surface area (Å²) in [5.74, 6) is -1.10. The third-order valence-electron chi connectivity index (χ3n) is 3.80. The lowest BCUT2D eigenvalue weighted by Gasteiger charge is -2.42. The van der Waals surface area contributed by atoms with Crippen molar-refractivity contribution in [3.05, 3.63) is 12.2 Å². The summed E-state index contributed by atoms with van der Waals surface area (Å²) < 4.78 is 1.06. The van der Waals surface area contributed by atoms with Crippen LogP contribution in [0.15, 0.2) is 12.2 Å². The summed E-state index contributed by atoms with van der Waals surface area (Å²) >= 11 is 0. The van der Waals surface area contributed by atoms with Crippen molar-refractivity contribution in [2.45, 2.75) is 46.6 Å². The zero-order valence-electron chi connectivity index (χ0n) is 11.0. The van der Waals surface area contributed by atoms with Gasteiger partial charge in [-0.15, -0.1) is 0 Å². The van der Waals surface area contributed by atoms with E-state index in [9.17, 15) is 9.90 Å². The molecule has 3 nitrogen and oxygen atoms in total. The largest absolute Gasteiger partial charge is 0.545 e. The highest BCUT2D eigenvalue weighted by Crippen LogP contribution is 2.19. The lowest BCUT2D eigenvalue weighted by Crippen LogP contribution is -2.54. The molecule has 0 N–H and O–H groups in total. The van der Waals surface area contributed by atoms with Crippen molar-refractivity contribution in [3.63, 3.8) is 0 Å². The van der Waals surface area contributed by atoms with Gasteiger partial charge in [0.25, 0.3) is 0 Å². The van der Waals surface area contributed by atoms with Gasteiger partial charge in [-0.1, -0.05) is 13.0 Å². The molecule has 0 amide bonds. The molecule has 0 radical (unpaired) electrons. The van der Waals surface area contributed by atoms with Crippen LogP contribution in [0, 0.1) is 0 Å². The van der Waals surface area contributed by atoms with Gasteiger partial charge < -0.3 is 14.4 Å². The number of carboxylic acids is 1. The van der Waals surface area contributed by atoms with Crippen LogP contribution in [0.25, 0.3) is 0 Å². The van der Waals surface area contributed by atoms with E-state index >= 15 is 0 Å². The van der Waals surface area contributed by atoms with Gasteiger partial charge in [0.1, 0.15) is 0 Å². The molecule has 0 aliphatic carbocycles. The second kappa shape index (κ2) is 7.44. The summed E-state index contributed by atoms with van der Waals surface area (Å²) in [5, 5.41) is 10.3. The monoisotopic (exact) mass is 227 g/mol. The second-order valence-corrected chi connectivity index (χ2v) is 4.19. The number of hydrogen-bond acceptors (Lipinski definition) is 2. The molecule has 0 aromatic carbocycles. The minimum atomic E-state index is -1.10. The average Bonchev–Trinajstić information content (AvgIpc) is 2.29. The molecule has 16 heavy (non-hydrogen) atoms. The average molecular weight is 227 g/mol. The van der Waals surface area contributed by atoms with Gasteiger partial charge in [0.15, 0.2) is 0 Å². The molecular weight excluding hydrogens is 202 g/mol. The number of carbonyl (C=O) groups is 1. The number of carboxylic acid groups (broad SMARTS) is 1. The first kappa shape index (κ1) is 15.2. The third kappa shape index (κ3) is 3.97. The van der Waals surface area contributed by atoms with Gasteiger partial charge >= 0.3 is 0 Å². The van der Waals surface area contributed by atoms with E-state index in [0.29, 0.717) is 6.04 Å². The Labute approximate surface area is 99.4 Å². The topological polar surface area (TPSA) is 40.1 Å². The predicted octanol–water partition coefficient (Wildman–Crippen LogP) is 1.34. The number of aliphatic carboxylic acids is 1. The summed E-state index contributed by atoms with van der Waals surface area (Å²) in [6.45, 7) is 12.1. The number of hydrogen-bond donors (Lipinski definition) is 0. The fourth-order valence-electron chi connectivity index (χ4n) is 2.54. The van der Waals surface area contributed by atoms with Crippen molar-refractivity contribution in [2.75, 3.05) is 19.6 Å². The molecular formula is C13H25NO2. The molecule has 1 atom stereocenters. The Balaban J connectivity index is 4.61. The summed E-state index contributed by atoms with van der Waals surface area (Å²) in [6.07, 6.45) is 4.78. The predicted molar refractivity (Wildman–Crippen MR) is 64.7 cm³/mol. The van der Waals surface area contributed by atoms with Gasteiger partial charge in [0, 0.05) is 6.42 Å². The van der Waals surface area contributed by atoms with E-state index in [1.807, 2.05) is 0 Å². The quantitative estimate of drug-likeness (QED) is 0.464. The number of carbonyl (C=O) groups excluding carboxylic acids is 1. The maximum atomic E-state index is 10.3. The third-order valence-corrected chi connectivity index (χ3v) is 3.80. The van der Waals surface area contributed by atoms with Crippen LogP contribution in [0.5, 0.6) is 0 Å². The minimum absolute atomic E-state index is 0.510. The first-order valence-electron chi connectivity index (χ1n) is 6.29. The van der Waals surface area contributed by atoms with Crippen LogP contribution in [0.4, 0.5) is 0 Å².